The molecule has 0 saturated carbocycles. The molecule has 0 aliphatic carbocycles. The van der Waals surface area contributed by atoms with Gasteiger partial charge in [-0.25, -0.2) is 9.69 Å². The van der Waals surface area contributed by atoms with Crippen LogP contribution in [-0.2, 0) is 9.59 Å². The Balaban J connectivity index is 1.36. The average Bonchev–Trinajstić information content (AvgIpc) is 2.84. The molecule has 0 bridgehead atoms. The number of benzene rings is 3. The highest BCUT2D eigenvalue weighted by atomic mass is 79.9. The Labute approximate surface area is 205 Å². The molecule has 0 aromatic heterocycles. The molecule has 1 saturated heterocycles. The molecule has 34 heavy (non-hydrogen) atoms. The fourth-order valence-electron chi connectivity index (χ4n) is 3.26. The van der Waals surface area contributed by atoms with Gasteiger partial charge in [0.25, 0.3) is 11.8 Å². The predicted molar refractivity (Wildman–Crippen MR) is 132 cm³/mol. The highest BCUT2D eigenvalue weighted by Gasteiger charge is 2.36. The van der Waals surface area contributed by atoms with E-state index in [0.29, 0.717) is 30.2 Å². The molecule has 0 atom stereocenters. The first-order valence-corrected chi connectivity index (χ1v) is 11.4. The van der Waals surface area contributed by atoms with Crippen molar-refractivity contribution in [3.05, 3.63) is 94.5 Å². The molecule has 3 aromatic rings. The van der Waals surface area contributed by atoms with Crippen molar-refractivity contribution < 1.29 is 23.9 Å². The molecular formula is C26H21BrN2O5. The number of halogens is 1. The Morgan fingerprint density at radius 2 is 1.41 bits per heavy atom. The lowest BCUT2D eigenvalue weighted by Gasteiger charge is -2.26. The van der Waals surface area contributed by atoms with Crippen LogP contribution in [0.3, 0.4) is 0 Å². The Bertz CT molecular complexity index is 1210. The van der Waals surface area contributed by atoms with Crippen LogP contribution in [0.25, 0.3) is 6.08 Å². The third-order valence-electron chi connectivity index (χ3n) is 4.95. The van der Waals surface area contributed by atoms with Gasteiger partial charge in [0.05, 0.1) is 18.9 Å². The highest BCUT2D eigenvalue weighted by molar-refractivity contribution is 9.10. The number of nitrogens with one attached hydrogen (secondary N) is 1. The summed E-state index contributed by atoms with van der Waals surface area (Å²) in [4.78, 5) is 38.5. The number of carbonyl (C=O) groups is 3. The van der Waals surface area contributed by atoms with Crippen molar-refractivity contribution in [3.8, 4) is 11.5 Å². The summed E-state index contributed by atoms with van der Waals surface area (Å²) in [7, 11) is 0. The van der Waals surface area contributed by atoms with Crippen molar-refractivity contribution in [2.24, 2.45) is 0 Å². The maximum Gasteiger partial charge on any atom is 0.335 e. The van der Waals surface area contributed by atoms with Gasteiger partial charge in [0, 0.05) is 10.9 Å². The molecule has 1 fully saturated rings. The van der Waals surface area contributed by atoms with Crippen LogP contribution in [-0.4, -0.2) is 31.1 Å². The van der Waals surface area contributed by atoms with E-state index in [1.165, 1.54) is 6.08 Å². The normalized spacial score (nSPS) is 14.8. The second-order valence-corrected chi connectivity index (χ2v) is 8.28. The number of urea groups is 1. The van der Waals surface area contributed by atoms with E-state index in [1.807, 2.05) is 30.3 Å². The van der Waals surface area contributed by atoms with Crippen molar-refractivity contribution in [1.82, 2.24) is 5.32 Å². The molecule has 1 N–H and O–H groups in total. The Hall–Kier alpha value is -3.91. The van der Waals surface area contributed by atoms with Gasteiger partial charge < -0.3 is 9.47 Å². The Morgan fingerprint density at radius 1 is 0.794 bits per heavy atom. The molecule has 0 spiro atoms. The van der Waals surface area contributed by atoms with Crippen LogP contribution in [0.5, 0.6) is 11.5 Å². The predicted octanol–water partition coefficient (Wildman–Crippen LogP) is 4.96. The fourth-order valence-corrected chi connectivity index (χ4v) is 3.53. The van der Waals surface area contributed by atoms with Crippen LogP contribution in [0.1, 0.15) is 12.0 Å². The van der Waals surface area contributed by atoms with Crippen molar-refractivity contribution in [1.29, 1.82) is 0 Å². The van der Waals surface area contributed by atoms with E-state index in [9.17, 15) is 14.4 Å². The molecule has 1 aliphatic heterocycles. The first kappa shape index (κ1) is 23.3. The number of ether oxygens (including phenoxy) is 2. The van der Waals surface area contributed by atoms with Gasteiger partial charge in [0.15, 0.2) is 0 Å². The fraction of sp³-hybridized carbons (Fsp3) is 0.115. The molecule has 0 unspecified atom stereocenters. The lowest BCUT2D eigenvalue weighted by molar-refractivity contribution is -0.122. The molecule has 4 rings (SSSR count). The third kappa shape index (κ3) is 5.71. The summed E-state index contributed by atoms with van der Waals surface area (Å²) >= 11 is 3.32. The number of amides is 4. The van der Waals surface area contributed by atoms with Crippen LogP contribution in [0, 0.1) is 0 Å². The summed E-state index contributed by atoms with van der Waals surface area (Å²) in [6.45, 7) is 1.03. The van der Waals surface area contributed by atoms with Gasteiger partial charge in [0.1, 0.15) is 17.1 Å². The third-order valence-corrected chi connectivity index (χ3v) is 5.48. The molecule has 0 radical (unpaired) electrons. The average molecular weight is 521 g/mol. The van der Waals surface area contributed by atoms with E-state index in [-0.39, 0.29) is 5.57 Å². The molecule has 3 aromatic carbocycles. The number of hydrogen-bond donors (Lipinski definition) is 1. The van der Waals surface area contributed by atoms with Gasteiger partial charge in [-0.15, -0.1) is 0 Å². The van der Waals surface area contributed by atoms with E-state index in [0.717, 1.165) is 21.5 Å². The van der Waals surface area contributed by atoms with Crippen molar-refractivity contribution in [2.45, 2.75) is 6.42 Å². The quantitative estimate of drug-likeness (QED) is 0.257. The maximum atomic E-state index is 12.9. The number of rotatable bonds is 8. The van der Waals surface area contributed by atoms with Gasteiger partial charge in [-0.05, 0) is 60.2 Å². The standard InChI is InChI=1S/C26H21BrN2O5/c27-19-9-11-20(12-10-19)29-25(31)23(24(30)28-26(29)32)17-18-7-13-22(14-8-18)34-16-4-15-33-21-5-2-1-3-6-21/h1-3,5-14,17H,4,15-16H2,(H,28,30,32)/b23-17-. The van der Waals surface area contributed by atoms with Gasteiger partial charge in [0.2, 0.25) is 0 Å². The van der Waals surface area contributed by atoms with Crippen LogP contribution in [0.4, 0.5) is 10.5 Å². The summed E-state index contributed by atoms with van der Waals surface area (Å²) in [6, 6.07) is 22.4. The number of anilines is 1. The van der Waals surface area contributed by atoms with Crippen molar-refractivity contribution in [3.63, 3.8) is 0 Å². The molecule has 1 heterocycles. The van der Waals surface area contributed by atoms with Crippen molar-refractivity contribution in [2.75, 3.05) is 18.1 Å². The number of para-hydroxylation sites is 1. The number of barbiturate groups is 1. The molecule has 1 aliphatic rings. The topological polar surface area (TPSA) is 84.9 Å². The monoisotopic (exact) mass is 520 g/mol. The molecule has 172 valence electrons. The van der Waals surface area contributed by atoms with E-state index in [4.69, 9.17) is 9.47 Å². The first-order valence-electron chi connectivity index (χ1n) is 10.6. The maximum absolute atomic E-state index is 12.9. The van der Waals surface area contributed by atoms with E-state index >= 15 is 0 Å². The van der Waals surface area contributed by atoms with Crippen LogP contribution >= 0.6 is 15.9 Å². The number of imide groups is 2. The molecule has 7 nitrogen and oxygen atoms in total. The summed E-state index contributed by atoms with van der Waals surface area (Å²) < 4.78 is 12.2. The summed E-state index contributed by atoms with van der Waals surface area (Å²) in [6.07, 6.45) is 2.17. The summed E-state index contributed by atoms with van der Waals surface area (Å²) in [5.74, 6) is 0.0615. The number of nitrogens with zero attached hydrogens (tertiary/aromatic N) is 1. The minimum atomic E-state index is -0.783. The number of hydrogen-bond acceptors (Lipinski definition) is 5. The van der Waals surface area contributed by atoms with E-state index in [2.05, 4.69) is 21.2 Å². The zero-order valence-corrected chi connectivity index (χ0v) is 19.7. The lowest BCUT2D eigenvalue weighted by Crippen LogP contribution is -2.54. The second-order valence-electron chi connectivity index (χ2n) is 7.37. The first-order chi connectivity index (χ1) is 16.5. The minimum absolute atomic E-state index is 0.130. The molecule has 8 heteroatoms. The summed E-state index contributed by atoms with van der Waals surface area (Å²) in [5, 5.41) is 2.22. The van der Waals surface area contributed by atoms with Gasteiger partial charge in [-0.1, -0.05) is 46.3 Å². The largest absolute Gasteiger partial charge is 0.493 e. The van der Waals surface area contributed by atoms with Crippen molar-refractivity contribution >= 4 is 45.5 Å². The minimum Gasteiger partial charge on any atom is -0.493 e. The van der Waals surface area contributed by atoms with Crippen LogP contribution < -0.4 is 19.7 Å². The smallest absolute Gasteiger partial charge is 0.335 e. The van der Waals surface area contributed by atoms with Gasteiger partial charge in [-0.3, -0.25) is 14.9 Å². The Kier molecular flexibility index (Phi) is 7.39. The van der Waals surface area contributed by atoms with Gasteiger partial charge in [-0.2, -0.15) is 0 Å². The van der Waals surface area contributed by atoms with E-state index in [1.54, 1.807) is 48.5 Å². The Morgan fingerprint density at radius 3 is 2.06 bits per heavy atom. The summed E-state index contributed by atoms with van der Waals surface area (Å²) in [5.41, 5.74) is 0.863. The SMILES string of the molecule is O=C1NC(=O)N(c2ccc(Br)cc2)C(=O)/C1=C\c1ccc(OCCCOc2ccccc2)cc1. The molecular weight excluding hydrogens is 500 g/mol. The van der Waals surface area contributed by atoms with Gasteiger partial charge >= 0.3 is 6.03 Å². The lowest BCUT2D eigenvalue weighted by atomic mass is 10.1. The van der Waals surface area contributed by atoms with Crippen LogP contribution in [0.2, 0.25) is 0 Å². The van der Waals surface area contributed by atoms with E-state index < -0.39 is 17.8 Å². The zero-order valence-electron chi connectivity index (χ0n) is 18.1. The number of carbonyl (C=O) groups excluding carboxylic acids is 3. The highest BCUT2D eigenvalue weighted by Crippen LogP contribution is 2.24. The second kappa shape index (κ2) is 10.8. The zero-order chi connectivity index (χ0) is 23.9. The molecule has 4 amide bonds. The van der Waals surface area contributed by atoms with Crippen LogP contribution in [0.15, 0.2) is 88.9 Å².